The molecule has 44 heavy (non-hydrogen) atoms. The summed E-state index contributed by atoms with van der Waals surface area (Å²) in [5.41, 5.74) is 3.87. The van der Waals surface area contributed by atoms with Crippen LogP contribution in [0.25, 0.3) is 16.6 Å². The average molecular weight is 623 g/mol. The lowest BCUT2D eigenvalue weighted by atomic mass is 9.96. The molecule has 0 bridgehead atoms. The van der Waals surface area contributed by atoms with Crippen molar-refractivity contribution in [2.45, 2.75) is 30.5 Å². The Hall–Kier alpha value is -3.91. The average Bonchev–Trinajstić information content (AvgIpc) is 3.07. The highest BCUT2D eigenvalue weighted by Crippen LogP contribution is 2.30. The van der Waals surface area contributed by atoms with Crippen molar-refractivity contribution in [1.82, 2.24) is 19.4 Å². The summed E-state index contributed by atoms with van der Waals surface area (Å²) in [6.07, 6.45) is 2.17. The van der Waals surface area contributed by atoms with Gasteiger partial charge in [0.1, 0.15) is 0 Å². The maximum Gasteiger partial charge on any atom is 0.266 e. The SMILES string of the molecule is O=C(CCCCSc1nc2ccccc2c(=O)n1-c1ccc(Cl)cc1)N1CCN(C(c2ccccc2)c2ccccc2)CC1. The summed E-state index contributed by atoms with van der Waals surface area (Å²) in [7, 11) is 0. The summed E-state index contributed by atoms with van der Waals surface area (Å²) < 4.78 is 1.66. The van der Waals surface area contributed by atoms with Gasteiger partial charge in [0.25, 0.3) is 5.56 Å². The van der Waals surface area contributed by atoms with E-state index >= 15 is 0 Å². The maximum absolute atomic E-state index is 13.4. The molecule has 0 radical (unpaired) electrons. The predicted molar refractivity (Wildman–Crippen MR) is 180 cm³/mol. The molecular weight excluding hydrogens is 588 g/mol. The number of hydrogen-bond donors (Lipinski definition) is 0. The van der Waals surface area contributed by atoms with E-state index < -0.39 is 0 Å². The maximum atomic E-state index is 13.4. The molecule has 6 nitrogen and oxygen atoms in total. The summed E-state index contributed by atoms with van der Waals surface area (Å²) in [6, 6.07) is 36.1. The van der Waals surface area contributed by atoms with Gasteiger partial charge in [-0.25, -0.2) is 4.98 Å². The van der Waals surface area contributed by atoms with Gasteiger partial charge in [0.2, 0.25) is 5.91 Å². The van der Waals surface area contributed by atoms with Crippen LogP contribution in [-0.2, 0) is 4.79 Å². The van der Waals surface area contributed by atoms with E-state index in [1.54, 1.807) is 34.5 Å². The van der Waals surface area contributed by atoms with Crippen molar-refractivity contribution in [3.63, 3.8) is 0 Å². The van der Waals surface area contributed by atoms with Crippen LogP contribution in [0, 0.1) is 0 Å². The number of hydrogen-bond acceptors (Lipinski definition) is 5. The number of halogens is 1. The number of fused-ring (bicyclic) bond motifs is 1. The zero-order chi connectivity index (χ0) is 30.3. The highest BCUT2D eigenvalue weighted by Gasteiger charge is 2.28. The summed E-state index contributed by atoms with van der Waals surface area (Å²) in [6.45, 7) is 3.15. The second-order valence-electron chi connectivity index (χ2n) is 11.0. The van der Waals surface area contributed by atoms with E-state index in [9.17, 15) is 9.59 Å². The fraction of sp³-hybridized carbons (Fsp3) is 0.250. The molecule has 1 amide bonds. The summed E-state index contributed by atoms with van der Waals surface area (Å²) in [5, 5.41) is 1.84. The van der Waals surface area contributed by atoms with Gasteiger partial charge in [0.05, 0.1) is 22.6 Å². The minimum absolute atomic E-state index is 0.100. The topological polar surface area (TPSA) is 58.4 Å². The van der Waals surface area contributed by atoms with Gasteiger partial charge in [-0.3, -0.25) is 19.1 Å². The normalized spacial score (nSPS) is 13.9. The van der Waals surface area contributed by atoms with Gasteiger partial charge in [0, 0.05) is 43.4 Å². The van der Waals surface area contributed by atoms with Crippen molar-refractivity contribution < 1.29 is 4.79 Å². The molecule has 2 heterocycles. The van der Waals surface area contributed by atoms with Crippen molar-refractivity contribution >= 4 is 40.2 Å². The fourth-order valence-corrected chi connectivity index (χ4v) is 6.98. The number of amides is 1. The number of piperazine rings is 1. The van der Waals surface area contributed by atoms with Crippen LogP contribution in [0.3, 0.4) is 0 Å². The van der Waals surface area contributed by atoms with Crippen LogP contribution in [0.2, 0.25) is 5.02 Å². The second-order valence-corrected chi connectivity index (χ2v) is 12.5. The molecule has 0 unspecified atom stereocenters. The summed E-state index contributed by atoms with van der Waals surface area (Å²) in [4.78, 5) is 35.9. The molecule has 0 saturated carbocycles. The third kappa shape index (κ3) is 6.91. The molecule has 6 rings (SSSR count). The van der Waals surface area contributed by atoms with Crippen molar-refractivity contribution in [2.75, 3.05) is 31.9 Å². The number of para-hydroxylation sites is 1. The van der Waals surface area contributed by atoms with E-state index in [0.717, 1.165) is 50.5 Å². The Balaban J connectivity index is 1.04. The van der Waals surface area contributed by atoms with Crippen LogP contribution in [0.4, 0.5) is 0 Å². The third-order valence-corrected chi connectivity index (χ3v) is 9.39. The van der Waals surface area contributed by atoms with Crippen LogP contribution in [0.15, 0.2) is 119 Å². The van der Waals surface area contributed by atoms with Crippen LogP contribution >= 0.6 is 23.4 Å². The Morgan fingerprint density at radius 1 is 0.773 bits per heavy atom. The number of unbranched alkanes of at least 4 members (excludes halogenated alkanes) is 1. The van der Waals surface area contributed by atoms with E-state index in [1.165, 1.54) is 11.1 Å². The molecular formula is C36H35ClN4O2S. The molecule has 8 heteroatoms. The number of carbonyl (C=O) groups is 1. The van der Waals surface area contributed by atoms with Gasteiger partial charge in [-0.1, -0.05) is 96.2 Å². The Morgan fingerprint density at radius 3 is 2.05 bits per heavy atom. The third-order valence-electron chi connectivity index (χ3n) is 8.11. The molecule has 0 atom stereocenters. The largest absolute Gasteiger partial charge is 0.340 e. The van der Waals surface area contributed by atoms with Gasteiger partial charge in [-0.2, -0.15) is 0 Å². The van der Waals surface area contributed by atoms with E-state index in [2.05, 4.69) is 65.6 Å². The van der Waals surface area contributed by atoms with Gasteiger partial charge in [0.15, 0.2) is 5.16 Å². The summed E-state index contributed by atoms with van der Waals surface area (Å²) in [5.74, 6) is 0.974. The van der Waals surface area contributed by atoms with Crippen molar-refractivity contribution in [2.24, 2.45) is 0 Å². The van der Waals surface area contributed by atoms with Crippen molar-refractivity contribution in [1.29, 1.82) is 0 Å². The first-order valence-electron chi connectivity index (χ1n) is 15.1. The van der Waals surface area contributed by atoms with Gasteiger partial charge in [-0.15, -0.1) is 0 Å². The molecule has 224 valence electrons. The lowest BCUT2D eigenvalue weighted by molar-refractivity contribution is -0.133. The van der Waals surface area contributed by atoms with E-state index in [0.29, 0.717) is 27.5 Å². The van der Waals surface area contributed by atoms with Crippen molar-refractivity contribution in [3.05, 3.63) is 136 Å². The Labute approximate surface area is 267 Å². The Morgan fingerprint density at radius 2 is 1.39 bits per heavy atom. The van der Waals surface area contributed by atoms with Crippen LogP contribution in [0.5, 0.6) is 0 Å². The lowest BCUT2D eigenvalue weighted by Crippen LogP contribution is -2.49. The van der Waals surface area contributed by atoms with Crippen LogP contribution in [-0.4, -0.2) is 57.2 Å². The van der Waals surface area contributed by atoms with E-state index in [4.69, 9.17) is 16.6 Å². The number of benzene rings is 4. The standard InChI is InChI=1S/C36H35ClN4O2S/c37-29-18-20-30(21-19-29)41-35(43)31-15-7-8-16-32(31)38-36(41)44-26-10-9-17-33(42)39-22-24-40(25-23-39)34(27-11-3-1-4-12-27)28-13-5-2-6-14-28/h1-8,11-16,18-21,34H,9-10,17,22-26H2. The van der Waals surface area contributed by atoms with Crippen LogP contribution in [0.1, 0.15) is 36.4 Å². The summed E-state index contributed by atoms with van der Waals surface area (Å²) >= 11 is 7.65. The number of aromatic nitrogens is 2. The predicted octanol–water partition coefficient (Wildman–Crippen LogP) is 7.24. The molecule has 5 aromatic rings. The molecule has 1 aliphatic heterocycles. The molecule has 1 aliphatic rings. The van der Waals surface area contributed by atoms with Gasteiger partial charge in [-0.05, 0) is 60.4 Å². The van der Waals surface area contributed by atoms with Crippen LogP contribution < -0.4 is 5.56 Å². The lowest BCUT2D eigenvalue weighted by Gasteiger charge is -2.40. The Kier molecular flexibility index (Phi) is 9.76. The second kappa shape index (κ2) is 14.2. The molecule has 0 N–H and O–H groups in total. The minimum atomic E-state index is -0.100. The first kappa shape index (κ1) is 30.1. The molecule has 0 spiro atoms. The zero-order valence-corrected chi connectivity index (χ0v) is 26.1. The first-order chi connectivity index (χ1) is 21.6. The van der Waals surface area contributed by atoms with Gasteiger partial charge < -0.3 is 4.90 Å². The zero-order valence-electron chi connectivity index (χ0n) is 24.5. The number of carbonyl (C=O) groups excluding carboxylic acids is 1. The molecule has 1 saturated heterocycles. The van der Waals surface area contributed by atoms with E-state index in [-0.39, 0.29) is 17.5 Å². The van der Waals surface area contributed by atoms with Crippen molar-refractivity contribution in [3.8, 4) is 5.69 Å². The van der Waals surface area contributed by atoms with E-state index in [1.807, 2.05) is 35.2 Å². The van der Waals surface area contributed by atoms with Gasteiger partial charge >= 0.3 is 0 Å². The quantitative estimate of drug-likeness (QED) is 0.0934. The minimum Gasteiger partial charge on any atom is -0.340 e. The number of rotatable bonds is 10. The first-order valence-corrected chi connectivity index (χ1v) is 16.5. The molecule has 4 aromatic carbocycles. The fourth-order valence-electron chi connectivity index (χ4n) is 5.84. The molecule has 0 aliphatic carbocycles. The highest BCUT2D eigenvalue weighted by molar-refractivity contribution is 7.99. The smallest absolute Gasteiger partial charge is 0.266 e. The Bertz CT molecular complexity index is 1720. The molecule has 1 fully saturated rings. The highest BCUT2D eigenvalue weighted by atomic mass is 35.5. The number of nitrogens with zero attached hydrogens (tertiary/aromatic N) is 4. The number of thioether (sulfide) groups is 1. The molecule has 1 aromatic heterocycles. The monoisotopic (exact) mass is 622 g/mol.